The van der Waals surface area contributed by atoms with E-state index < -0.39 is 16.1 Å². The van der Waals surface area contributed by atoms with Crippen LogP contribution in [0.2, 0.25) is 5.15 Å². The molecule has 8 heteroatoms. The fourth-order valence-electron chi connectivity index (χ4n) is 2.79. The molecule has 0 aliphatic carbocycles. The fourth-order valence-corrected chi connectivity index (χ4v) is 4.41. The Balaban J connectivity index is 2.05. The predicted molar refractivity (Wildman–Crippen MR) is 90.0 cm³/mol. The molecular weight excluding hydrogens is 350 g/mol. The lowest BCUT2D eigenvalue weighted by Crippen LogP contribution is -2.51. The summed E-state index contributed by atoms with van der Waals surface area (Å²) in [4.78, 5) is 16.1. The molecule has 0 spiro atoms. The minimum absolute atomic E-state index is 0.0141. The summed E-state index contributed by atoms with van der Waals surface area (Å²) in [7, 11) is -2.38. The van der Waals surface area contributed by atoms with Crippen molar-refractivity contribution in [1.82, 2.24) is 14.6 Å². The molecule has 1 N–H and O–H groups in total. The number of nitrogens with zero attached hydrogens (tertiary/aromatic N) is 2. The first kappa shape index (κ1) is 16.9. The van der Waals surface area contributed by atoms with Crippen molar-refractivity contribution >= 4 is 27.5 Å². The monoisotopic (exact) mass is 365 g/mol. The van der Waals surface area contributed by atoms with Crippen LogP contribution in [0.3, 0.4) is 0 Å². The van der Waals surface area contributed by atoms with Gasteiger partial charge in [-0.15, -0.1) is 0 Å². The Morgan fingerprint density at radius 3 is 2.58 bits per heavy atom. The lowest BCUT2D eigenvalue weighted by Gasteiger charge is -2.34. The highest BCUT2D eigenvalue weighted by molar-refractivity contribution is 7.89. The van der Waals surface area contributed by atoms with Crippen molar-refractivity contribution in [1.29, 1.82) is 0 Å². The lowest BCUT2D eigenvalue weighted by molar-refractivity contribution is -0.124. The molecule has 1 aliphatic heterocycles. The largest absolute Gasteiger partial charge is 0.358 e. The number of hydrogen-bond acceptors (Lipinski definition) is 4. The van der Waals surface area contributed by atoms with E-state index in [1.807, 2.05) is 24.3 Å². The van der Waals surface area contributed by atoms with Gasteiger partial charge in [-0.1, -0.05) is 35.9 Å². The van der Waals surface area contributed by atoms with E-state index in [2.05, 4.69) is 10.3 Å². The van der Waals surface area contributed by atoms with Gasteiger partial charge >= 0.3 is 0 Å². The molecule has 0 bridgehead atoms. The van der Waals surface area contributed by atoms with Gasteiger partial charge in [0.1, 0.15) is 16.1 Å². The van der Waals surface area contributed by atoms with Gasteiger partial charge in [-0.25, -0.2) is 13.4 Å². The molecule has 0 fully saturated rings. The van der Waals surface area contributed by atoms with Gasteiger partial charge in [-0.2, -0.15) is 4.31 Å². The number of fused-ring (bicyclic) bond motifs is 1. The van der Waals surface area contributed by atoms with E-state index in [0.717, 1.165) is 11.1 Å². The van der Waals surface area contributed by atoms with Crippen molar-refractivity contribution in [2.24, 2.45) is 0 Å². The number of carbonyl (C=O) groups excluding carboxylic acids is 1. The summed E-state index contributed by atoms with van der Waals surface area (Å²) in [5, 5.41) is 2.76. The van der Waals surface area contributed by atoms with Gasteiger partial charge in [0, 0.05) is 19.8 Å². The van der Waals surface area contributed by atoms with Crippen molar-refractivity contribution in [2.75, 3.05) is 7.05 Å². The molecule has 2 aromatic rings. The van der Waals surface area contributed by atoms with Crippen molar-refractivity contribution in [3.05, 3.63) is 58.9 Å². The number of aromatic nitrogens is 1. The summed E-state index contributed by atoms with van der Waals surface area (Å²) in [5.74, 6) is -0.338. The Morgan fingerprint density at radius 2 is 1.96 bits per heavy atom. The number of amides is 1. The second-order valence-corrected chi connectivity index (χ2v) is 7.75. The summed E-state index contributed by atoms with van der Waals surface area (Å²) in [6, 6.07) is 9.54. The fraction of sp³-hybridized carbons (Fsp3) is 0.250. The second kappa shape index (κ2) is 6.51. The third-order valence-corrected chi connectivity index (χ3v) is 6.12. The Hall–Kier alpha value is -1.96. The average Bonchev–Trinajstić information content (AvgIpc) is 2.60. The molecule has 1 atom stereocenters. The molecule has 6 nitrogen and oxygen atoms in total. The summed E-state index contributed by atoms with van der Waals surface area (Å²) in [6.07, 6.45) is 1.54. The zero-order chi connectivity index (χ0) is 17.3. The van der Waals surface area contributed by atoms with Gasteiger partial charge in [0.25, 0.3) is 0 Å². The van der Waals surface area contributed by atoms with E-state index in [4.69, 9.17) is 11.6 Å². The van der Waals surface area contributed by atoms with E-state index in [1.54, 1.807) is 0 Å². The highest BCUT2D eigenvalue weighted by Gasteiger charge is 2.39. The molecule has 1 amide bonds. The van der Waals surface area contributed by atoms with Crippen LogP contribution in [0.15, 0.2) is 47.5 Å². The van der Waals surface area contributed by atoms with Crippen LogP contribution in [-0.2, 0) is 27.8 Å². The smallest absolute Gasteiger partial charge is 0.245 e. The first-order valence-corrected chi connectivity index (χ1v) is 9.17. The van der Waals surface area contributed by atoms with Crippen molar-refractivity contribution in [3.63, 3.8) is 0 Å². The van der Waals surface area contributed by atoms with Crippen LogP contribution in [-0.4, -0.2) is 36.7 Å². The first-order valence-electron chi connectivity index (χ1n) is 7.35. The van der Waals surface area contributed by atoms with Gasteiger partial charge in [0.05, 0.1) is 0 Å². The predicted octanol–water partition coefficient (Wildman–Crippen LogP) is 1.60. The van der Waals surface area contributed by atoms with Crippen LogP contribution in [0.25, 0.3) is 0 Å². The van der Waals surface area contributed by atoms with Crippen molar-refractivity contribution in [3.8, 4) is 0 Å². The zero-order valence-electron chi connectivity index (χ0n) is 12.9. The Labute approximate surface area is 145 Å². The van der Waals surface area contributed by atoms with Crippen LogP contribution in [0.5, 0.6) is 0 Å². The summed E-state index contributed by atoms with van der Waals surface area (Å²) < 4.78 is 27.2. The number of benzene rings is 1. The molecule has 0 saturated heterocycles. The molecule has 24 heavy (non-hydrogen) atoms. The lowest BCUT2D eigenvalue weighted by atomic mass is 9.95. The number of sulfonamides is 1. The Morgan fingerprint density at radius 1 is 1.25 bits per heavy atom. The maximum absolute atomic E-state index is 13.0. The molecule has 1 aliphatic rings. The number of nitrogens with one attached hydrogen (secondary N) is 1. The minimum atomic E-state index is -3.87. The third-order valence-electron chi connectivity index (χ3n) is 4.06. The first-order chi connectivity index (χ1) is 11.4. The Bertz CT molecular complexity index is 868. The van der Waals surface area contributed by atoms with E-state index in [9.17, 15) is 13.2 Å². The SMILES string of the molecule is CNC(=O)C1Cc2ccccc2CN1S(=O)(=O)c1ccc(Cl)nc1. The quantitative estimate of drug-likeness (QED) is 0.838. The van der Waals surface area contributed by atoms with E-state index in [-0.39, 0.29) is 22.5 Å². The normalized spacial score (nSPS) is 18.0. The highest BCUT2D eigenvalue weighted by Crippen LogP contribution is 2.29. The van der Waals surface area contributed by atoms with Crippen LogP contribution in [0, 0.1) is 0 Å². The van der Waals surface area contributed by atoms with Gasteiger partial charge < -0.3 is 5.32 Å². The van der Waals surface area contributed by atoms with Crippen LogP contribution in [0.4, 0.5) is 0 Å². The van der Waals surface area contributed by atoms with Gasteiger partial charge in [-0.05, 0) is 29.7 Å². The second-order valence-electron chi connectivity index (χ2n) is 5.47. The van der Waals surface area contributed by atoms with Crippen LogP contribution < -0.4 is 5.32 Å². The van der Waals surface area contributed by atoms with Crippen molar-refractivity contribution in [2.45, 2.75) is 23.9 Å². The standard InChI is InChI=1S/C16H16ClN3O3S/c1-18-16(21)14-8-11-4-2-3-5-12(11)10-20(14)24(22,23)13-6-7-15(17)19-9-13/h2-7,9,14H,8,10H2,1H3,(H,18,21). The maximum atomic E-state index is 13.0. The van der Waals surface area contributed by atoms with Crippen LogP contribution >= 0.6 is 11.6 Å². The molecule has 2 heterocycles. The molecule has 1 unspecified atom stereocenters. The molecular formula is C16H16ClN3O3S. The number of carbonyl (C=O) groups is 1. The Kier molecular flexibility index (Phi) is 4.58. The molecule has 0 saturated carbocycles. The molecule has 0 radical (unpaired) electrons. The van der Waals surface area contributed by atoms with Gasteiger partial charge in [0.15, 0.2) is 0 Å². The average molecular weight is 366 g/mol. The number of halogens is 1. The van der Waals surface area contributed by atoms with E-state index in [0.29, 0.717) is 6.42 Å². The number of rotatable bonds is 3. The molecule has 3 rings (SSSR count). The van der Waals surface area contributed by atoms with Gasteiger partial charge in [-0.3, -0.25) is 4.79 Å². The van der Waals surface area contributed by atoms with E-state index >= 15 is 0 Å². The minimum Gasteiger partial charge on any atom is -0.358 e. The summed E-state index contributed by atoms with van der Waals surface area (Å²) in [6.45, 7) is 0.138. The highest BCUT2D eigenvalue weighted by atomic mass is 35.5. The topological polar surface area (TPSA) is 79.4 Å². The maximum Gasteiger partial charge on any atom is 0.245 e. The molecule has 1 aromatic heterocycles. The van der Waals surface area contributed by atoms with E-state index in [1.165, 1.54) is 29.7 Å². The number of hydrogen-bond donors (Lipinski definition) is 1. The van der Waals surface area contributed by atoms with Crippen LogP contribution in [0.1, 0.15) is 11.1 Å². The van der Waals surface area contributed by atoms with Crippen molar-refractivity contribution < 1.29 is 13.2 Å². The summed E-state index contributed by atoms with van der Waals surface area (Å²) in [5.41, 5.74) is 1.87. The van der Waals surface area contributed by atoms with Gasteiger partial charge in [0.2, 0.25) is 15.9 Å². The summed E-state index contributed by atoms with van der Waals surface area (Å²) >= 11 is 5.73. The number of pyridine rings is 1. The number of likely N-dealkylation sites (N-methyl/N-ethyl adjacent to an activating group) is 1. The molecule has 126 valence electrons. The third kappa shape index (κ3) is 3.02. The molecule has 1 aromatic carbocycles. The zero-order valence-corrected chi connectivity index (χ0v) is 14.5.